The van der Waals surface area contributed by atoms with Crippen LogP contribution in [0.3, 0.4) is 0 Å². The average Bonchev–Trinajstić information content (AvgIpc) is 2.80. The molecule has 0 unspecified atom stereocenters. The van der Waals surface area contributed by atoms with E-state index in [0.717, 1.165) is 9.40 Å². The summed E-state index contributed by atoms with van der Waals surface area (Å²) in [6.07, 6.45) is 0. The van der Waals surface area contributed by atoms with Crippen LogP contribution in [-0.2, 0) is 0 Å². The summed E-state index contributed by atoms with van der Waals surface area (Å²) in [5.41, 5.74) is 0.889. The fraction of sp³-hybridized carbons (Fsp3) is 0. The van der Waals surface area contributed by atoms with Crippen LogP contribution in [-0.4, -0.2) is 4.85 Å². The average molecular weight is 224 g/mol. The molecular formula is C8H4N2O2S2. The van der Waals surface area contributed by atoms with Crippen LogP contribution < -0.4 is 4.54 Å². The number of hydrogen-bond acceptors (Lipinski definition) is 4. The molecule has 3 aromatic rings. The van der Waals surface area contributed by atoms with E-state index in [-0.39, 0.29) is 0 Å². The van der Waals surface area contributed by atoms with Crippen molar-refractivity contribution < 1.29 is 4.54 Å². The zero-order valence-corrected chi connectivity index (χ0v) is 8.47. The van der Waals surface area contributed by atoms with Gasteiger partial charge in [-0.2, -0.15) is 0 Å². The number of rotatable bonds is 0. The Bertz CT molecular complexity index is 679. The first-order valence-electron chi connectivity index (χ1n) is 3.89. The molecule has 0 N–H and O–H groups in total. The molecule has 0 aliphatic rings. The predicted octanol–water partition coefficient (Wildman–Crippen LogP) is 2.18. The second-order valence-corrected chi connectivity index (χ2v) is 4.65. The highest BCUT2D eigenvalue weighted by atomic mass is 32.1. The van der Waals surface area contributed by atoms with Crippen molar-refractivity contribution in [2.45, 2.75) is 0 Å². The largest absolute Gasteiger partial charge is 0.755 e. The van der Waals surface area contributed by atoms with Crippen molar-refractivity contribution in [2.75, 3.05) is 0 Å². The normalized spacial score (nSPS) is 11.4. The molecule has 6 heteroatoms. The van der Waals surface area contributed by atoms with Gasteiger partial charge in [0.2, 0.25) is 0 Å². The monoisotopic (exact) mass is 224 g/mol. The minimum atomic E-state index is 0.390. The van der Waals surface area contributed by atoms with Crippen molar-refractivity contribution in [1.82, 2.24) is 4.85 Å². The third-order valence-corrected chi connectivity index (χ3v) is 4.04. The molecule has 0 spiro atoms. The Labute approximate surface area is 85.8 Å². The molecule has 0 fully saturated rings. The van der Waals surface area contributed by atoms with Crippen LogP contribution in [0.25, 0.3) is 20.4 Å². The lowest BCUT2D eigenvalue weighted by Crippen LogP contribution is -2.27. The van der Waals surface area contributed by atoms with Gasteiger partial charge in [-0.1, -0.05) is 0 Å². The van der Waals surface area contributed by atoms with Crippen molar-refractivity contribution in [3.8, 4) is 0 Å². The van der Waals surface area contributed by atoms with Crippen LogP contribution in [0.4, 0.5) is 0 Å². The van der Waals surface area contributed by atoms with Crippen molar-refractivity contribution >= 4 is 43.1 Å². The lowest BCUT2D eigenvalue weighted by molar-refractivity contribution is -0.556. The van der Waals surface area contributed by atoms with E-state index in [0.29, 0.717) is 20.4 Å². The van der Waals surface area contributed by atoms with Gasteiger partial charge in [-0.25, -0.2) is 0 Å². The van der Waals surface area contributed by atoms with Crippen molar-refractivity contribution in [3.05, 3.63) is 33.0 Å². The molecule has 3 rings (SSSR count). The summed E-state index contributed by atoms with van der Waals surface area (Å²) >= 11 is 2.96. The first-order valence-corrected chi connectivity index (χ1v) is 5.65. The number of fused-ring (bicyclic) bond motifs is 3. The Morgan fingerprint density at radius 3 is 2.79 bits per heavy atom. The summed E-state index contributed by atoms with van der Waals surface area (Å²) in [5, 5.41) is 15.1. The molecule has 0 bridgehead atoms. The highest BCUT2D eigenvalue weighted by Gasteiger charge is 2.15. The molecule has 0 aromatic carbocycles. The van der Waals surface area contributed by atoms with Crippen molar-refractivity contribution in [3.63, 3.8) is 0 Å². The molecule has 3 aromatic heterocycles. The van der Waals surface area contributed by atoms with E-state index in [4.69, 9.17) is 0 Å². The first-order chi connectivity index (χ1) is 6.79. The Balaban J connectivity index is 2.81. The first kappa shape index (κ1) is 7.95. The molecule has 4 nitrogen and oxygen atoms in total. The third-order valence-electron chi connectivity index (χ3n) is 2.07. The fourth-order valence-corrected chi connectivity index (χ4v) is 3.35. The number of thiophene rings is 2. The second-order valence-electron chi connectivity index (χ2n) is 2.82. The Morgan fingerprint density at radius 1 is 1.21 bits per heavy atom. The maximum Gasteiger partial charge on any atom is 0.311 e. The van der Waals surface area contributed by atoms with Crippen LogP contribution in [0, 0.1) is 10.1 Å². The van der Waals surface area contributed by atoms with E-state index in [2.05, 4.69) is 0 Å². The number of aromatic nitrogens is 2. The number of nitrogens with zero attached hydrogens (tertiary/aromatic N) is 2. The summed E-state index contributed by atoms with van der Waals surface area (Å²) in [6.45, 7) is 0. The van der Waals surface area contributed by atoms with E-state index >= 15 is 0 Å². The standard InChI is InChI=1S/C8H4N2O2S2/c11-9-5-1-3-13-7(5)8-6(10(9)12)2-4-14-8/h1-4H. The van der Waals surface area contributed by atoms with Gasteiger partial charge in [0.25, 0.3) is 0 Å². The van der Waals surface area contributed by atoms with Gasteiger partial charge < -0.3 is 5.21 Å². The van der Waals surface area contributed by atoms with Crippen LogP contribution in [0.5, 0.6) is 0 Å². The SMILES string of the molecule is O=[n+]1c2ccsc2c2sccc2n1[O-]. The highest BCUT2D eigenvalue weighted by Crippen LogP contribution is 2.30. The summed E-state index contributed by atoms with van der Waals surface area (Å²) in [6, 6.07) is 3.33. The Morgan fingerprint density at radius 2 is 1.93 bits per heavy atom. The fourth-order valence-electron chi connectivity index (χ4n) is 1.44. The molecule has 0 aliphatic carbocycles. The van der Waals surface area contributed by atoms with E-state index in [1.807, 2.05) is 10.8 Å². The van der Waals surface area contributed by atoms with Gasteiger partial charge >= 0.3 is 5.52 Å². The number of hydrogen-bond donors (Lipinski definition) is 0. The van der Waals surface area contributed by atoms with Crippen molar-refractivity contribution in [1.29, 1.82) is 0 Å². The minimum Gasteiger partial charge on any atom is -0.755 e. The predicted molar refractivity (Wildman–Crippen MR) is 57.3 cm³/mol. The van der Waals surface area contributed by atoms with Gasteiger partial charge in [0.1, 0.15) is 10.2 Å². The van der Waals surface area contributed by atoms with Crippen LogP contribution in [0.1, 0.15) is 0 Å². The van der Waals surface area contributed by atoms with Gasteiger partial charge in [0.05, 0.1) is 9.61 Å². The van der Waals surface area contributed by atoms with E-state index in [1.54, 1.807) is 12.1 Å². The van der Waals surface area contributed by atoms with Crippen molar-refractivity contribution in [2.24, 2.45) is 0 Å². The van der Waals surface area contributed by atoms with Gasteiger partial charge in [0.15, 0.2) is 4.54 Å². The van der Waals surface area contributed by atoms with Crippen LogP contribution in [0.2, 0.25) is 0 Å². The summed E-state index contributed by atoms with van der Waals surface area (Å²) < 4.78 is 2.16. The smallest absolute Gasteiger partial charge is 0.311 e. The zero-order chi connectivity index (χ0) is 9.71. The summed E-state index contributed by atoms with van der Waals surface area (Å²) in [5.74, 6) is 0. The molecule has 70 valence electrons. The Kier molecular flexibility index (Phi) is 1.45. The molecular weight excluding hydrogens is 220 g/mol. The van der Waals surface area contributed by atoms with Crippen LogP contribution in [0.15, 0.2) is 22.9 Å². The molecule has 0 saturated heterocycles. The summed E-state index contributed by atoms with van der Waals surface area (Å²) in [7, 11) is 0. The molecule has 0 amide bonds. The lowest BCUT2D eigenvalue weighted by atomic mass is 10.4. The third kappa shape index (κ3) is 0.816. The topological polar surface area (TPSA) is 51.0 Å². The minimum absolute atomic E-state index is 0.390. The maximum atomic E-state index is 11.5. The molecule has 0 atom stereocenters. The maximum absolute atomic E-state index is 11.5. The summed E-state index contributed by atoms with van der Waals surface area (Å²) in [4.78, 5) is 11.9. The lowest BCUT2D eigenvalue weighted by Gasteiger charge is -2.00. The van der Waals surface area contributed by atoms with Gasteiger partial charge in [0, 0.05) is 6.07 Å². The molecule has 0 radical (unpaired) electrons. The van der Waals surface area contributed by atoms with Gasteiger partial charge in [-0.05, 0) is 16.8 Å². The quantitative estimate of drug-likeness (QED) is 0.549. The second kappa shape index (κ2) is 2.55. The van der Waals surface area contributed by atoms with E-state index < -0.39 is 0 Å². The molecule has 0 aliphatic heterocycles. The molecule has 0 saturated carbocycles. The Hall–Kier alpha value is -1.40. The molecule has 3 heterocycles. The van der Waals surface area contributed by atoms with Crippen LogP contribution >= 0.6 is 22.7 Å². The highest BCUT2D eigenvalue weighted by molar-refractivity contribution is 7.25. The molecule has 14 heavy (non-hydrogen) atoms. The zero-order valence-electron chi connectivity index (χ0n) is 6.84. The van der Waals surface area contributed by atoms with Gasteiger partial charge in [-0.15, -0.1) is 27.5 Å². The van der Waals surface area contributed by atoms with E-state index in [1.165, 1.54) is 22.7 Å². The van der Waals surface area contributed by atoms with E-state index in [9.17, 15) is 10.1 Å². The van der Waals surface area contributed by atoms with Gasteiger partial charge in [-0.3, -0.25) is 0 Å².